The Balaban J connectivity index is 2.31. The fourth-order valence-corrected chi connectivity index (χ4v) is 3.12. The van der Waals surface area contributed by atoms with Crippen LogP contribution < -0.4 is 10.2 Å². The van der Waals surface area contributed by atoms with E-state index in [-0.39, 0.29) is 16.7 Å². The molecule has 5 nitrogen and oxygen atoms in total. The van der Waals surface area contributed by atoms with E-state index in [1.54, 1.807) is 12.1 Å². The van der Waals surface area contributed by atoms with Crippen LogP contribution in [0.1, 0.15) is 26.7 Å². The van der Waals surface area contributed by atoms with Crippen molar-refractivity contribution in [3.63, 3.8) is 0 Å². The molecule has 0 saturated carbocycles. The molecular formula is C15H22ClN3O2. The number of nitro groups is 1. The zero-order valence-corrected chi connectivity index (χ0v) is 13.3. The molecule has 116 valence electrons. The minimum Gasteiger partial charge on any atom is -0.362 e. The molecule has 0 amide bonds. The summed E-state index contributed by atoms with van der Waals surface area (Å²) in [6, 6.07) is 5.05. The first-order valence-corrected chi connectivity index (χ1v) is 7.78. The number of piperidine rings is 1. The van der Waals surface area contributed by atoms with E-state index in [9.17, 15) is 10.1 Å². The van der Waals surface area contributed by atoms with Crippen molar-refractivity contribution in [3.8, 4) is 0 Å². The first-order chi connectivity index (χ1) is 10.0. The average molecular weight is 312 g/mol. The number of hydrogen-bond donors (Lipinski definition) is 1. The molecule has 6 heteroatoms. The van der Waals surface area contributed by atoms with Crippen molar-refractivity contribution in [1.29, 1.82) is 0 Å². The predicted molar refractivity (Wildman–Crippen MR) is 86.2 cm³/mol. The standard InChI is InChI=1S/C15H22ClN3O2/c1-11(2)18(10-12-6-8-17-9-7-12)15-13(16)4-3-5-14(15)19(20)21/h3-5,11-12,17H,6-10H2,1-2H3. The predicted octanol–water partition coefficient (Wildman–Crippen LogP) is 3.46. The van der Waals surface area contributed by atoms with Gasteiger partial charge in [-0.2, -0.15) is 0 Å². The highest BCUT2D eigenvalue weighted by atomic mass is 35.5. The van der Waals surface area contributed by atoms with Gasteiger partial charge in [0.1, 0.15) is 5.69 Å². The summed E-state index contributed by atoms with van der Waals surface area (Å²) >= 11 is 6.27. The number of benzene rings is 1. The molecule has 0 bridgehead atoms. The molecular weight excluding hydrogens is 290 g/mol. The van der Waals surface area contributed by atoms with E-state index in [1.165, 1.54) is 6.07 Å². The normalized spacial score (nSPS) is 16.2. The lowest BCUT2D eigenvalue weighted by Gasteiger charge is -2.34. The van der Waals surface area contributed by atoms with Crippen molar-refractivity contribution in [2.75, 3.05) is 24.5 Å². The van der Waals surface area contributed by atoms with E-state index in [2.05, 4.69) is 10.2 Å². The van der Waals surface area contributed by atoms with Crippen molar-refractivity contribution in [1.82, 2.24) is 5.32 Å². The maximum Gasteiger partial charge on any atom is 0.294 e. The van der Waals surface area contributed by atoms with Crippen LogP contribution in [0, 0.1) is 16.0 Å². The van der Waals surface area contributed by atoms with E-state index in [0.29, 0.717) is 16.6 Å². The summed E-state index contributed by atoms with van der Waals surface area (Å²) in [6.07, 6.45) is 2.20. The number of nitrogens with one attached hydrogen (secondary N) is 1. The van der Waals surface area contributed by atoms with Gasteiger partial charge in [0.2, 0.25) is 0 Å². The summed E-state index contributed by atoms with van der Waals surface area (Å²) in [4.78, 5) is 13.0. The summed E-state index contributed by atoms with van der Waals surface area (Å²) in [5, 5.41) is 15.1. The number of para-hydroxylation sites is 1. The molecule has 1 aromatic rings. The summed E-state index contributed by atoms with van der Waals surface area (Å²) < 4.78 is 0. The van der Waals surface area contributed by atoms with Gasteiger partial charge in [0.15, 0.2) is 0 Å². The molecule has 0 radical (unpaired) electrons. The van der Waals surface area contributed by atoms with E-state index < -0.39 is 0 Å². The Hall–Kier alpha value is -1.33. The highest BCUT2D eigenvalue weighted by Crippen LogP contribution is 2.37. The van der Waals surface area contributed by atoms with Gasteiger partial charge in [0.25, 0.3) is 5.69 Å². The second kappa shape index (κ2) is 7.09. The number of nitrogens with zero attached hydrogens (tertiary/aromatic N) is 2. The third-order valence-electron chi connectivity index (χ3n) is 3.99. The minimum atomic E-state index is -0.348. The Kier molecular flexibility index (Phi) is 5.42. The third-order valence-corrected chi connectivity index (χ3v) is 4.29. The zero-order chi connectivity index (χ0) is 15.4. The molecule has 1 N–H and O–H groups in total. The largest absolute Gasteiger partial charge is 0.362 e. The second-order valence-corrected chi connectivity index (χ2v) is 6.21. The first-order valence-electron chi connectivity index (χ1n) is 7.41. The van der Waals surface area contributed by atoms with Crippen LogP contribution in [0.5, 0.6) is 0 Å². The monoisotopic (exact) mass is 311 g/mol. The van der Waals surface area contributed by atoms with Gasteiger partial charge in [-0.1, -0.05) is 17.7 Å². The number of rotatable bonds is 5. The fraction of sp³-hybridized carbons (Fsp3) is 0.600. The number of nitro benzene ring substituents is 1. The topological polar surface area (TPSA) is 58.4 Å². The van der Waals surface area contributed by atoms with Gasteiger partial charge in [-0.15, -0.1) is 0 Å². The van der Waals surface area contributed by atoms with Crippen molar-refractivity contribution in [3.05, 3.63) is 33.3 Å². The Labute approximate surface area is 130 Å². The molecule has 0 unspecified atom stereocenters. The van der Waals surface area contributed by atoms with Gasteiger partial charge in [0, 0.05) is 18.7 Å². The molecule has 0 aliphatic carbocycles. The Morgan fingerprint density at radius 1 is 1.43 bits per heavy atom. The molecule has 0 aromatic heterocycles. The summed E-state index contributed by atoms with van der Waals surface area (Å²) in [6.45, 7) is 6.94. The molecule has 0 spiro atoms. The number of halogens is 1. The number of anilines is 1. The third kappa shape index (κ3) is 3.86. The summed E-state index contributed by atoms with van der Waals surface area (Å²) in [7, 11) is 0. The van der Waals surface area contributed by atoms with Crippen LogP contribution in [0.4, 0.5) is 11.4 Å². The van der Waals surface area contributed by atoms with Crippen molar-refractivity contribution >= 4 is 23.0 Å². The minimum absolute atomic E-state index is 0.0881. The summed E-state index contributed by atoms with van der Waals surface area (Å²) in [5.41, 5.74) is 0.642. The molecule has 1 saturated heterocycles. The molecule has 1 aliphatic rings. The smallest absolute Gasteiger partial charge is 0.294 e. The van der Waals surface area contributed by atoms with E-state index in [1.807, 2.05) is 13.8 Å². The van der Waals surface area contributed by atoms with Crippen LogP contribution in [0.3, 0.4) is 0 Å². The molecule has 1 fully saturated rings. The lowest BCUT2D eigenvalue weighted by Crippen LogP contribution is -2.40. The molecule has 21 heavy (non-hydrogen) atoms. The van der Waals surface area contributed by atoms with Crippen molar-refractivity contribution in [2.24, 2.45) is 5.92 Å². The highest BCUT2D eigenvalue weighted by Gasteiger charge is 2.27. The number of hydrogen-bond acceptors (Lipinski definition) is 4. The fourth-order valence-electron chi connectivity index (χ4n) is 2.84. The van der Waals surface area contributed by atoms with Gasteiger partial charge in [-0.05, 0) is 51.8 Å². The van der Waals surface area contributed by atoms with Crippen LogP contribution in [0.2, 0.25) is 5.02 Å². The zero-order valence-electron chi connectivity index (χ0n) is 12.5. The van der Waals surface area contributed by atoms with Crippen molar-refractivity contribution in [2.45, 2.75) is 32.7 Å². The SMILES string of the molecule is CC(C)N(CC1CCNCC1)c1c(Cl)cccc1[N+](=O)[O-]. The maximum atomic E-state index is 11.3. The van der Waals surface area contributed by atoms with E-state index >= 15 is 0 Å². The second-order valence-electron chi connectivity index (χ2n) is 5.80. The van der Waals surface area contributed by atoms with Gasteiger partial charge >= 0.3 is 0 Å². The highest BCUT2D eigenvalue weighted by molar-refractivity contribution is 6.33. The molecule has 2 rings (SSSR count). The first kappa shape index (κ1) is 16.0. The van der Waals surface area contributed by atoms with E-state index in [0.717, 1.165) is 32.5 Å². The van der Waals surface area contributed by atoms with Crippen LogP contribution >= 0.6 is 11.6 Å². The van der Waals surface area contributed by atoms with Crippen molar-refractivity contribution < 1.29 is 4.92 Å². The van der Waals surface area contributed by atoms with E-state index in [4.69, 9.17) is 11.6 Å². The molecule has 1 aromatic carbocycles. The molecule has 0 atom stereocenters. The van der Waals surface area contributed by atoms with Gasteiger partial charge in [-0.25, -0.2) is 0 Å². The molecule has 1 heterocycles. The average Bonchev–Trinajstić information content (AvgIpc) is 2.45. The Bertz CT molecular complexity index is 502. The van der Waals surface area contributed by atoms with Gasteiger partial charge in [-0.3, -0.25) is 10.1 Å². The Morgan fingerprint density at radius 2 is 2.10 bits per heavy atom. The molecule has 1 aliphatic heterocycles. The maximum absolute atomic E-state index is 11.3. The lowest BCUT2D eigenvalue weighted by atomic mass is 9.96. The van der Waals surface area contributed by atoms with Gasteiger partial charge < -0.3 is 10.2 Å². The van der Waals surface area contributed by atoms with Crippen LogP contribution in [-0.2, 0) is 0 Å². The summed E-state index contributed by atoms with van der Waals surface area (Å²) in [5.74, 6) is 0.546. The lowest BCUT2D eigenvalue weighted by molar-refractivity contribution is -0.384. The quantitative estimate of drug-likeness (QED) is 0.668. The Morgan fingerprint density at radius 3 is 2.67 bits per heavy atom. The van der Waals surface area contributed by atoms with Crippen LogP contribution in [-0.4, -0.2) is 30.6 Å². The van der Waals surface area contributed by atoms with Crippen LogP contribution in [0.15, 0.2) is 18.2 Å². The van der Waals surface area contributed by atoms with Crippen LogP contribution in [0.25, 0.3) is 0 Å². The van der Waals surface area contributed by atoms with Gasteiger partial charge in [0.05, 0.1) is 9.95 Å².